The maximum atomic E-state index is 10.5. The van der Waals surface area contributed by atoms with Crippen molar-refractivity contribution in [1.29, 1.82) is 0 Å². The van der Waals surface area contributed by atoms with E-state index in [-0.39, 0.29) is 0 Å². The van der Waals surface area contributed by atoms with Crippen LogP contribution in [0.4, 0.5) is 0 Å². The molecule has 1 aromatic carbocycles. The fraction of sp³-hybridized carbons (Fsp3) is 0.267. The molecule has 5 heteroatoms. The molecule has 0 amide bonds. The van der Waals surface area contributed by atoms with E-state index in [2.05, 4.69) is 4.98 Å². The van der Waals surface area contributed by atoms with E-state index < -0.39 is 6.10 Å². The van der Waals surface area contributed by atoms with Crippen LogP contribution in [0.15, 0.2) is 36.5 Å². The molecule has 2 rings (SSSR count). The van der Waals surface area contributed by atoms with Gasteiger partial charge in [0.05, 0.1) is 21.3 Å². The number of methoxy groups -OCH3 is 3. The standard InChI is InChI=1S/C15H17NO4/c1-18-10-6-7-11(13(9-10)20-3)15(17)14-12(19-2)5-4-8-16-14/h4-9,15,17H,1-3H3. The minimum atomic E-state index is -0.938. The molecule has 106 valence electrons. The zero-order chi connectivity index (χ0) is 14.5. The number of hydrogen-bond donors (Lipinski definition) is 1. The second-order valence-corrected chi connectivity index (χ2v) is 4.10. The Morgan fingerprint density at radius 3 is 2.40 bits per heavy atom. The Morgan fingerprint density at radius 2 is 1.75 bits per heavy atom. The first-order valence-corrected chi connectivity index (χ1v) is 6.10. The van der Waals surface area contributed by atoms with E-state index in [1.54, 1.807) is 57.9 Å². The quantitative estimate of drug-likeness (QED) is 0.906. The van der Waals surface area contributed by atoms with Crippen molar-refractivity contribution in [2.75, 3.05) is 21.3 Å². The average molecular weight is 275 g/mol. The molecule has 0 saturated carbocycles. The van der Waals surface area contributed by atoms with E-state index in [0.717, 1.165) is 0 Å². The lowest BCUT2D eigenvalue weighted by Gasteiger charge is -2.17. The van der Waals surface area contributed by atoms with Crippen LogP contribution < -0.4 is 14.2 Å². The Morgan fingerprint density at radius 1 is 1.00 bits per heavy atom. The number of aliphatic hydroxyl groups excluding tert-OH is 1. The maximum absolute atomic E-state index is 10.5. The molecule has 1 N–H and O–H groups in total. The topological polar surface area (TPSA) is 60.8 Å². The number of hydrogen-bond acceptors (Lipinski definition) is 5. The molecule has 0 aliphatic rings. The molecule has 0 radical (unpaired) electrons. The van der Waals surface area contributed by atoms with Crippen LogP contribution in [0, 0.1) is 0 Å². The SMILES string of the molecule is COc1ccc(C(O)c2ncccc2OC)c(OC)c1. The van der Waals surface area contributed by atoms with E-state index in [4.69, 9.17) is 14.2 Å². The van der Waals surface area contributed by atoms with Gasteiger partial charge in [0.25, 0.3) is 0 Å². The van der Waals surface area contributed by atoms with Crippen molar-refractivity contribution < 1.29 is 19.3 Å². The summed E-state index contributed by atoms with van der Waals surface area (Å²) in [5, 5.41) is 10.5. The summed E-state index contributed by atoms with van der Waals surface area (Å²) in [6, 6.07) is 8.72. The zero-order valence-electron chi connectivity index (χ0n) is 11.7. The summed E-state index contributed by atoms with van der Waals surface area (Å²) >= 11 is 0. The Labute approximate surface area is 117 Å². The van der Waals surface area contributed by atoms with Crippen LogP contribution >= 0.6 is 0 Å². The van der Waals surface area contributed by atoms with Gasteiger partial charge in [-0.3, -0.25) is 4.98 Å². The van der Waals surface area contributed by atoms with E-state index in [0.29, 0.717) is 28.5 Å². The highest BCUT2D eigenvalue weighted by molar-refractivity contribution is 5.46. The number of aromatic nitrogens is 1. The summed E-state index contributed by atoms with van der Waals surface area (Å²) in [5.41, 5.74) is 1.05. The van der Waals surface area contributed by atoms with Crippen LogP contribution in [-0.4, -0.2) is 31.4 Å². The first-order chi connectivity index (χ1) is 9.71. The van der Waals surface area contributed by atoms with E-state index in [9.17, 15) is 5.11 Å². The van der Waals surface area contributed by atoms with E-state index >= 15 is 0 Å². The Hall–Kier alpha value is -2.27. The number of rotatable bonds is 5. The molecule has 5 nitrogen and oxygen atoms in total. The molecular formula is C15H17NO4. The molecule has 1 unspecified atom stereocenters. The molecule has 0 fully saturated rings. The van der Waals surface area contributed by atoms with Crippen molar-refractivity contribution in [3.63, 3.8) is 0 Å². The van der Waals surface area contributed by atoms with Gasteiger partial charge in [0.1, 0.15) is 29.0 Å². The molecule has 2 aromatic rings. The lowest BCUT2D eigenvalue weighted by Crippen LogP contribution is -2.06. The first kappa shape index (κ1) is 14.1. The highest BCUT2D eigenvalue weighted by Gasteiger charge is 2.20. The second-order valence-electron chi connectivity index (χ2n) is 4.10. The van der Waals surface area contributed by atoms with Crippen molar-refractivity contribution in [3.05, 3.63) is 47.8 Å². The van der Waals surface area contributed by atoms with Crippen LogP contribution in [0.3, 0.4) is 0 Å². The molecule has 0 saturated heterocycles. The molecule has 1 heterocycles. The van der Waals surface area contributed by atoms with Crippen LogP contribution in [0.1, 0.15) is 17.4 Å². The molecule has 1 aromatic heterocycles. The summed E-state index contributed by atoms with van der Waals surface area (Å²) in [4.78, 5) is 4.18. The summed E-state index contributed by atoms with van der Waals surface area (Å²) in [7, 11) is 4.66. The highest BCUT2D eigenvalue weighted by Crippen LogP contribution is 2.35. The third-order valence-corrected chi connectivity index (χ3v) is 3.01. The number of aliphatic hydroxyl groups is 1. The van der Waals surface area contributed by atoms with Gasteiger partial charge in [-0.2, -0.15) is 0 Å². The number of benzene rings is 1. The van der Waals surface area contributed by atoms with Crippen molar-refractivity contribution in [1.82, 2.24) is 4.98 Å². The maximum Gasteiger partial charge on any atom is 0.143 e. The van der Waals surface area contributed by atoms with Crippen LogP contribution in [0.2, 0.25) is 0 Å². The summed E-state index contributed by atoms with van der Waals surface area (Å²) in [5.74, 6) is 1.72. The number of ether oxygens (including phenoxy) is 3. The van der Waals surface area contributed by atoms with Gasteiger partial charge < -0.3 is 19.3 Å². The smallest absolute Gasteiger partial charge is 0.143 e. The normalized spacial score (nSPS) is 11.8. The fourth-order valence-electron chi connectivity index (χ4n) is 1.97. The van der Waals surface area contributed by atoms with Gasteiger partial charge in [-0.05, 0) is 24.3 Å². The van der Waals surface area contributed by atoms with E-state index in [1.807, 2.05) is 0 Å². The monoisotopic (exact) mass is 275 g/mol. The lowest BCUT2D eigenvalue weighted by molar-refractivity contribution is 0.204. The third-order valence-electron chi connectivity index (χ3n) is 3.01. The molecular weight excluding hydrogens is 258 g/mol. The third kappa shape index (κ3) is 2.67. The predicted octanol–water partition coefficient (Wildman–Crippen LogP) is 2.19. The zero-order valence-corrected chi connectivity index (χ0v) is 11.7. The first-order valence-electron chi connectivity index (χ1n) is 6.10. The summed E-state index contributed by atoms with van der Waals surface area (Å²) in [6.07, 6.45) is 0.670. The summed E-state index contributed by atoms with van der Waals surface area (Å²) in [6.45, 7) is 0. The van der Waals surface area contributed by atoms with Gasteiger partial charge in [0.2, 0.25) is 0 Å². The van der Waals surface area contributed by atoms with Crippen LogP contribution in [-0.2, 0) is 0 Å². The predicted molar refractivity (Wildman–Crippen MR) is 74.4 cm³/mol. The van der Waals surface area contributed by atoms with Gasteiger partial charge in [0.15, 0.2) is 0 Å². The fourth-order valence-corrected chi connectivity index (χ4v) is 1.97. The minimum Gasteiger partial charge on any atom is -0.497 e. The molecule has 0 spiro atoms. The Balaban J connectivity index is 2.45. The van der Waals surface area contributed by atoms with Gasteiger partial charge in [-0.15, -0.1) is 0 Å². The van der Waals surface area contributed by atoms with Gasteiger partial charge in [-0.25, -0.2) is 0 Å². The van der Waals surface area contributed by atoms with Gasteiger partial charge in [0, 0.05) is 17.8 Å². The molecule has 20 heavy (non-hydrogen) atoms. The average Bonchev–Trinajstić information content (AvgIpc) is 2.53. The van der Waals surface area contributed by atoms with Crippen molar-refractivity contribution >= 4 is 0 Å². The molecule has 1 atom stereocenters. The molecule has 0 bridgehead atoms. The number of pyridine rings is 1. The van der Waals surface area contributed by atoms with Gasteiger partial charge in [-0.1, -0.05) is 0 Å². The van der Waals surface area contributed by atoms with Gasteiger partial charge >= 0.3 is 0 Å². The van der Waals surface area contributed by atoms with Crippen LogP contribution in [0.5, 0.6) is 17.2 Å². The second kappa shape index (κ2) is 6.25. The largest absolute Gasteiger partial charge is 0.497 e. The molecule has 0 aliphatic carbocycles. The molecule has 0 aliphatic heterocycles. The van der Waals surface area contributed by atoms with Crippen molar-refractivity contribution in [2.45, 2.75) is 6.10 Å². The minimum absolute atomic E-state index is 0.443. The van der Waals surface area contributed by atoms with Crippen molar-refractivity contribution in [2.24, 2.45) is 0 Å². The summed E-state index contributed by atoms with van der Waals surface area (Å²) < 4.78 is 15.7. The number of nitrogens with zero attached hydrogens (tertiary/aromatic N) is 1. The highest BCUT2D eigenvalue weighted by atomic mass is 16.5. The Bertz CT molecular complexity index is 586. The van der Waals surface area contributed by atoms with Crippen LogP contribution in [0.25, 0.3) is 0 Å². The Kier molecular flexibility index (Phi) is 4.42. The lowest BCUT2D eigenvalue weighted by atomic mass is 10.0. The van der Waals surface area contributed by atoms with E-state index in [1.165, 1.54) is 0 Å². The van der Waals surface area contributed by atoms with Crippen molar-refractivity contribution in [3.8, 4) is 17.2 Å².